The van der Waals surface area contributed by atoms with Crippen LogP contribution in [-0.2, 0) is 0 Å². The van der Waals surface area contributed by atoms with Crippen molar-refractivity contribution < 1.29 is 0 Å². The Kier molecular flexibility index (Phi) is 43.0. The highest BCUT2D eigenvalue weighted by Crippen LogP contribution is 1.76. The van der Waals surface area contributed by atoms with Crippen LogP contribution >= 0.6 is 33.9 Å². The molecular weight excluding hydrogens is 206 g/mol. The van der Waals surface area contributed by atoms with Crippen LogP contribution in [0.25, 0.3) is 0 Å². The average molecular weight is 220 g/mol. The summed E-state index contributed by atoms with van der Waals surface area (Å²) in [6.07, 6.45) is 2.64. The zero-order valence-electron chi connectivity index (χ0n) is 4.53. The minimum atomic E-state index is 0. The number of rotatable bonds is 1. The summed E-state index contributed by atoms with van der Waals surface area (Å²) in [4.78, 5) is 0. The van der Waals surface area contributed by atoms with Gasteiger partial charge < -0.3 is 0 Å². The number of hydrogen-bond acceptors (Lipinski definition) is 0. The predicted molar refractivity (Wildman–Crippen MR) is 47.1 cm³/mol. The van der Waals surface area contributed by atoms with Gasteiger partial charge in [0.2, 0.25) is 0 Å². The molecule has 0 fully saturated rings. The molecular formula is C4H14IP. The monoisotopic (exact) mass is 220 g/mol. The Balaban J connectivity index is -0.0000000450. The first-order valence-electron chi connectivity index (χ1n) is 1.91. The van der Waals surface area contributed by atoms with Crippen LogP contribution in [0.15, 0.2) is 0 Å². The molecule has 0 aromatic rings. The van der Waals surface area contributed by atoms with Gasteiger partial charge in [0.15, 0.2) is 0 Å². The molecule has 0 nitrogen and oxygen atoms in total. The number of unbranched alkanes of at least 4 members (excludes halogenated alkanes) is 1. The maximum Gasteiger partial charge on any atom is -0.0564 e. The van der Waals surface area contributed by atoms with E-state index in [-0.39, 0.29) is 33.9 Å². The Morgan fingerprint density at radius 3 is 1.17 bits per heavy atom. The zero-order chi connectivity index (χ0) is 3.41. The van der Waals surface area contributed by atoms with Gasteiger partial charge in [-0.1, -0.05) is 26.7 Å². The SMILES string of the molecule is CCCC.I.P. The quantitative estimate of drug-likeness (QED) is 0.470. The fourth-order valence-electron chi connectivity index (χ4n) is 0. The largest absolute Gasteiger partial charge is 0.153 e. The minimum Gasteiger partial charge on any atom is -0.153 e. The number of halogens is 1. The topological polar surface area (TPSA) is 0 Å². The average Bonchev–Trinajstić information content (AvgIpc) is 1.37. The Morgan fingerprint density at radius 1 is 1.00 bits per heavy atom. The molecule has 0 aliphatic rings. The van der Waals surface area contributed by atoms with Crippen molar-refractivity contribution in [3.63, 3.8) is 0 Å². The van der Waals surface area contributed by atoms with E-state index in [4.69, 9.17) is 0 Å². The van der Waals surface area contributed by atoms with Gasteiger partial charge in [0, 0.05) is 0 Å². The highest BCUT2D eigenvalue weighted by Gasteiger charge is 1.56. The van der Waals surface area contributed by atoms with E-state index in [0.717, 1.165) is 0 Å². The van der Waals surface area contributed by atoms with Gasteiger partial charge in [-0.2, -0.15) is 9.90 Å². The van der Waals surface area contributed by atoms with Crippen LogP contribution in [-0.4, -0.2) is 0 Å². The molecule has 42 valence electrons. The van der Waals surface area contributed by atoms with Crippen molar-refractivity contribution in [2.24, 2.45) is 0 Å². The fourth-order valence-corrected chi connectivity index (χ4v) is 0. The van der Waals surface area contributed by atoms with Crippen LogP contribution in [0.3, 0.4) is 0 Å². The van der Waals surface area contributed by atoms with Crippen LogP contribution in [0.4, 0.5) is 0 Å². The van der Waals surface area contributed by atoms with Gasteiger partial charge in [0.1, 0.15) is 0 Å². The van der Waals surface area contributed by atoms with E-state index in [2.05, 4.69) is 13.8 Å². The third-order valence-electron chi connectivity index (χ3n) is 0.500. The van der Waals surface area contributed by atoms with Crippen molar-refractivity contribution in [1.82, 2.24) is 0 Å². The lowest BCUT2D eigenvalue weighted by atomic mass is 10.4. The lowest BCUT2D eigenvalue weighted by molar-refractivity contribution is 0.886. The highest BCUT2D eigenvalue weighted by molar-refractivity contribution is 14.0. The van der Waals surface area contributed by atoms with Crippen molar-refractivity contribution in [2.45, 2.75) is 26.7 Å². The maximum atomic E-state index is 2.18. The summed E-state index contributed by atoms with van der Waals surface area (Å²) in [7, 11) is 0. The van der Waals surface area contributed by atoms with Crippen molar-refractivity contribution >= 4 is 33.9 Å². The van der Waals surface area contributed by atoms with Crippen LogP contribution in [0.1, 0.15) is 26.7 Å². The molecule has 1 atom stereocenters. The molecule has 2 heteroatoms. The molecule has 0 saturated carbocycles. The molecule has 0 aromatic carbocycles. The molecule has 6 heavy (non-hydrogen) atoms. The van der Waals surface area contributed by atoms with E-state index in [1.165, 1.54) is 12.8 Å². The summed E-state index contributed by atoms with van der Waals surface area (Å²) in [6.45, 7) is 4.36. The first kappa shape index (κ1) is 15.7. The summed E-state index contributed by atoms with van der Waals surface area (Å²) in [5.41, 5.74) is 0. The molecule has 0 rings (SSSR count). The van der Waals surface area contributed by atoms with Gasteiger partial charge >= 0.3 is 0 Å². The van der Waals surface area contributed by atoms with Crippen molar-refractivity contribution in [1.29, 1.82) is 0 Å². The van der Waals surface area contributed by atoms with E-state index in [9.17, 15) is 0 Å². The second kappa shape index (κ2) is 16.4. The second-order valence-electron chi connectivity index (χ2n) is 1.000. The van der Waals surface area contributed by atoms with Crippen molar-refractivity contribution in [3.8, 4) is 0 Å². The Morgan fingerprint density at radius 2 is 1.17 bits per heavy atom. The summed E-state index contributed by atoms with van der Waals surface area (Å²) in [5, 5.41) is 0. The molecule has 0 heterocycles. The Labute approximate surface area is 60.7 Å². The lowest BCUT2D eigenvalue weighted by Gasteiger charge is -1.68. The summed E-state index contributed by atoms with van der Waals surface area (Å²) >= 11 is 0. The van der Waals surface area contributed by atoms with Crippen LogP contribution < -0.4 is 0 Å². The molecule has 0 aliphatic heterocycles. The summed E-state index contributed by atoms with van der Waals surface area (Å²) < 4.78 is 0. The molecule has 0 amide bonds. The fraction of sp³-hybridized carbons (Fsp3) is 1.00. The molecule has 0 aromatic heterocycles. The summed E-state index contributed by atoms with van der Waals surface area (Å²) in [5.74, 6) is 0. The minimum absolute atomic E-state index is 0. The van der Waals surface area contributed by atoms with E-state index >= 15 is 0 Å². The molecule has 1 unspecified atom stereocenters. The van der Waals surface area contributed by atoms with Gasteiger partial charge in [0.05, 0.1) is 0 Å². The standard InChI is InChI=1S/C4H10.HI.H3P/c1-3-4-2;;/h3-4H2,1-2H3;1H;1H3. The molecule has 0 radical (unpaired) electrons. The molecule has 0 bridgehead atoms. The molecule has 0 N–H and O–H groups in total. The van der Waals surface area contributed by atoms with Gasteiger partial charge in [0.25, 0.3) is 0 Å². The van der Waals surface area contributed by atoms with Crippen molar-refractivity contribution in [3.05, 3.63) is 0 Å². The Bertz CT molecular complexity index is 9.51. The van der Waals surface area contributed by atoms with E-state index in [1.54, 1.807) is 0 Å². The summed E-state index contributed by atoms with van der Waals surface area (Å²) in [6, 6.07) is 0. The van der Waals surface area contributed by atoms with Crippen LogP contribution in [0.2, 0.25) is 0 Å². The van der Waals surface area contributed by atoms with E-state index in [0.29, 0.717) is 0 Å². The van der Waals surface area contributed by atoms with Gasteiger partial charge in [-0.3, -0.25) is 0 Å². The molecule has 0 saturated heterocycles. The second-order valence-corrected chi connectivity index (χ2v) is 1.000. The van der Waals surface area contributed by atoms with Gasteiger partial charge in [-0.25, -0.2) is 0 Å². The highest BCUT2D eigenvalue weighted by atomic mass is 127. The smallest absolute Gasteiger partial charge is 0.0564 e. The molecule has 0 aliphatic carbocycles. The first-order chi connectivity index (χ1) is 1.91. The Hall–Kier alpha value is 1.16. The zero-order valence-corrected chi connectivity index (χ0v) is 8.27. The van der Waals surface area contributed by atoms with Crippen molar-refractivity contribution in [2.75, 3.05) is 0 Å². The maximum absolute atomic E-state index is 2.18. The van der Waals surface area contributed by atoms with E-state index < -0.39 is 0 Å². The van der Waals surface area contributed by atoms with Gasteiger partial charge in [-0.15, -0.1) is 24.0 Å². The third kappa shape index (κ3) is 19.1. The first-order valence-corrected chi connectivity index (χ1v) is 1.91. The molecule has 0 spiro atoms. The lowest BCUT2D eigenvalue weighted by Crippen LogP contribution is -1.47. The van der Waals surface area contributed by atoms with E-state index in [1.807, 2.05) is 0 Å². The predicted octanol–water partition coefficient (Wildman–Crippen LogP) is 2.48. The third-order valence-corrected chi connectivity index (χ3v) is 0.500. The normalized spacial score (nSPS) is 5.00. The van der Waals surface area contributed by atoms with Crippen LogP contribution in [0, 0.1) is 0 Å². The van der Waals surface area contributed by atoms with Gasteiger partial charge in [-0.05, 0) is 0 Å². The number of hydrogen-bond donors (Lipinski definition) is 0. The van der Waals surface area contributed by atoms with Crippen LogP contribution in [0.5, 0.6) is 0 Å².